The first-order valence-corrected chi connectivity index (χ1v) is 8.37. The van der Waals surface area contributed by atoms with Crippen LogP contribution in [0.3, 0.4) is 0 Å². The van der Waals surface area contributed by atoms with E-state index in [2.05, 4.69) is 50.4 Å². The standard InChI is InChI=1S/C21H26FNO/c1-15-5-6-17(13-19(15)22)14-23-20(24)12-9-16-7-10-18(11-8-16)21(2,3)4/h5-8,10-11,13H,9,12,14H2,1-4H3,(H,23,24). The summed E-state index contributed by atoms with van der Waals surface area (Å²) < 4.78 is 13.5. The Bertz CT molecular complexity index is 699. The molecular formula is C21H26FNO. The first kappa shape index (κ1) is 18.2. The van der Waals surface area contributed by atoms with Crippen LogP contribution in [0, 0.1) is 12.7 Å². The molecule has 0 aliphatic carbocycles. The van der Waals surface area contributed by atoms with Crippen LogP contribution in [0.1, 0.15) is 49.4 Å². The Morgan fingerprint density at radius 1 is 1.04 bits per heavy atom. The van der Waals surface area contributed by atoms with Crippen molar-refractivity contribution in [1.82, 2.24) is 5.32 Å². The highest BCUT2D eigenvalue weighted by atomic mass is 19.1. The Morgan fingerprint density at radius 3 is 2.25 bits per heavy atom. The Balaban J connectivity index is 1.81. The van der Waals surface area contributed by atoms with Gasteiger partial charge in [0.1, 0.15) is 5.82 Å². The Kier molecular flexibility index (Phi) is 5.76. The van der Waals surface area contributed by atoms with Crippen LogP contribution in [0.15, 0.2) is 42.5 Å². The van der Waals surface area contributed by atoms with Crippen molar-refractivity contribution in [2.75, 3.05) is 0 Å². The second-order valence-corrected chi connectivity index (χ2v) is 7.31. The van der Waals surface area contributed by atoms with Crippen molar-refractivity contribution in [2.45, 2.75) is 52.5 Å². The van der Waals surface area contributed by atoms with Crippen molar-refractivity contribution in [1.29, 1.82) is 0 Å². The third-order valence-corrected chi connectivity index (χ3v) is 4.19. The second kappa shape index (κ2) is 7.61. The van der Waals surface area contributed by atoms with E-state index in [1.54, 1.807) is 13.0 Å². The van der Waals surface area contributed by atoms with Gasteiger partial charge < -0.3 is 5.32 Å². The summed E-state index contributed by atoms with van der Waals surface area (Å²) in [5.74, 6) is -0.253. The molecule has 0 saturated heterocycles. The molecule has 0 aliphatic rings. The summed E-state index contributed by atoms with van der Waals surface area (Å²) in [5, 5.41) is 2.85. The summed E-state index contributed by atoms with van der Waals surface area (Å²) in [7, 11) is 0. The highest BCUT2D eigenvalue weighted by molar-refractivity contribution is 5.76. The van der Waals surface area contributed by atoms with Gasteiger partial charge in [0, 0.05) is 13.0 Å². The highest BCUT2D eigenvalue weighted by Gasteiger charge is 2.13. The number of nitrogens with one attached hydrogen (secondary N) is 1. The molecule has 0 aromatic heterocycles. The zero-order chi connectivity index (χ0) is 17.7. The topological polar surface area (TPSA) is 29.1 Å². The first-order valence-electron chi connectivity index (χ1n) is 8.37. The first-order chi connectivity index (χ1) is 11.3. The smallest absolute Gasteiger partial charge is 0.220 e. The van der Waals surface area contributed by atoms with E-state index in [-0.39, 0.29) is 17.1 Å². The SMILES string of the molecule is Cc1ccc(CNC(=O)CCc2ccc(C(C)(C)C)cc2)cc1F. The van der Waals surface area contributed by atoms with Gasteiger partial charge in [-0.05, 0) is 47.1 Å². The second-order valence-electron chi connectivity index (χ2n) is 7.31. The van der Waals surface area contributed by atoms with E-state index in [0.717, 1.165) is 11.1 Å². The summed E-state index contributed by atoms with van der Waals surface area (Å²) in [4.78, 5) is 12.0. The highest BCUT2D eigenvalue weighted by Crippen LogP contribution is 2.22. The maximum Gasteiger partial charge on any atom is 0.220 e. The van der Waals surface area contributed by atoms with Crippen LogP contribution < -0.4 is 5.32 Å². The minimum atomic E-state index is -0.235. The van der Waals surface area contributed by atoms with Crippen LogP contribution in [-0.2, 0) is 23.2 Å². The van der Waals surface area contributed by atoms with Gasteiger partial charge in [0.15, 0.2) is 0 Å². The van der Waals surface area contributed by atoms with Gasteiger partial charge in [-0.3, -0.25) is 4.79 Å². The van der Waals surface area contributed by atoms with Gasteiger partial charge in [-0.1, -0.05) is 57.2 Å². The van der Waals surface area contributed by atoms with Crippen molar-refractivity contribution in [3.05, 3.63) is 70.5 Å². The molecule has 2 nitrogen and oxygen atoms in total. The van der Waals surface area contributed by atoms with Crippen molar-refractivity contribution in [3.63, 3.8) is 0 Å². The molecule has 2 rings (SSSR count). The van der Waals surface area contributed by atoms with Gasteiger partial charge in [0.05, 0.1) is 0 Å². The molecule has 24 heavy (non-hydrogen) atoms. The molecular weight excluding hydrogens is 301 g/mol. The quantitative estimate of drug-likeness (QED) is 0.849. The van der Waals surface area contributed by atoms with Gasteiger partial charge in [-0.25, -0.2) is 4.39 Å². The average molecular weight is 327 g/mol. The summed E-state index contributed by atoms with van der Waals surface area (Å²) in [6.45, 7) is 8.64. The molecule has 3 heteroatoms. The lowest BCUT2D eigenvalue weighted by molar-refractivity contribution is -0.121. The maximum atomic E-state index is 13.5. The van der Waals surface area contributed by atoms with Crippen molar-refractivity contribution >= 4 is 5.91 Å². The minimum Gasteiger partial charge on any atom is -0.352 e. The molecule has 0 heterocycles. The third kappa shape index (κ3) is 5.19. The molecule has 0 bridgehead atoms. The van der Waals surface area contributed by atoms with E-state index in [1.165, 1.54) is 11.6 Å². The molecule has 128 valence electrons. The minimum absolute atomic E-state index is 0.0177. The fourth-order valence-electron chi connectivity index (χ4n) is 2.46. The lowest BCUT2D eigenvalue weighted by Gasteiger charge is -2.19. The fourth-order valence-corrected chi connectivity index (χ4v) is 2.46. The normalized spacial score (nSPS) is 11.4. The molecule has 0 unspecified atom stereocenters. The van der Waals surface area contributed by atoms with Crippen LogP contribution in [0.4, 0.5) is 4.39 Å². The number of benzene rings is 2. The third-order valence-electron chi connectivity index (χ3n) is 4.19. The predicted molar refractivity (Wildman–Crippen MR) is 96.4 cm³/mol. The van der Waals surface area contributed by atoms with E-state index in [9.17, 15) is 9.18 Å². The van der Waals surface area contributed by atoms with E-state index in [4.69, 9.17) is 0 Å². The summed E-state index contributed by atoms with van der Waals surface area (Å²) in [6, 6.07) is 13.5. The summed E-state index contributed by atoms with van der Waals surface area (Å²) in [6.07, 6.45) is 1.14. The molecule has 1 N–H and O–H groups in total. The van der Waals surface area contributed by atoms with E-state index >= 15 is 0 Å². The average Bonchev–Trinajstić information content (AvgIpc) is 2.53. The van der Waals surface area contributed by atoms with Gasteiger partial charge >= 0.3 is 0 Å². The fraction of sp³-hybridized carbons (Fsp3) is 0.381. The molecule has 0 aliphatic heterocycles. The lowest BCUT2D eigenvalue weighted by Crippen LogP contribution is -2.23. The van der Waals surface area contributed by atoms with Gasteiger partial charge in [0.2, 0.25) is 5.91 Å². The summed E-state index contributed by atoms with van der Waals surface area (Å²) in [5.41, 5.74) is 3.97. The largest absolute Gasteiger partial charge is 0.352 e. The molecule has 0 spiro atoms. The number of rotatable bonds is 5. The molecule has 2 aromatic carbocycles. The van der Waals surface area contributed by atoms with E-state index in [1.807, 2.05) is 6.07 Å². The summed E-state index contributed by atoms with van der Waals surface area (Å²) >= 11 is 0. The zero-order valence-corrected chi connectivity index (χ0v) is 14.9. The van der Waals surface area contributed by atoms with Crippen molar-refractivity contribution < 1.29 is 9.18 Å². The number of carbonyl (C=O) groups is 1. The molecule has 0 radical (unpaired) electrons. The number of aryl methyl sites for hydroxylation is 2. The van der Waals surface area contributed by atoms with Gasteiger partial charge in [-0.15, -0.1) is 0 Å². The molecule has 1 amide bonds. The van der Waals surface area contributed by atoms with Crippen LogP contribution in [0.5, 0.6) is 0 Å². The Morgan fingerprint density at radius 2 is 1.67 bits per heavy atom. The van der Waals surface area contributed by atoms with Gasteiger partial charge in [0.25, 0.3) is 0 Å². The number of hydrogen-bond acceptors (Lipinski definition) is 1. The molecule has 2 aromatic rings. The Labute approximate surface area is 144 Å². The zero-order valence-electron chi connectivity index (χ0n) is 14.9. The Hall–Kier alpha value is -2.16. The van der Waals surface area contributed by atoms with E-state index in [0.29, 0.717) is 24.9 Å². The lowest BCUT2D eigenvalue weighted by atomic mass is 9.86. The monoisotopic (exact) mass is 327 g/mol. The van der Waals surface area contributed by atoms with Crippen molar-refractivity contribution in [3.8, 4) is 0 Å². The predicted octanol–water partition coefficient (Wildman–Crippen LogP) is 4.68. The van der Waals surface area contributed by atoms with Gasteiger partial charge in [-0.2, -0.15) is 0 Å². The van der Waals surface area contributed by atoms with Crippen LogP contribution in [0.2, 0.25) is 0 Å². The molecule has 0 saturated carbocycles. The number of hydrogen-bond donors (Lipinski definition) is 1. The van der Waals surface area contributed by atoms with Crippen LogP contribution in [0.25, 0.3) is 0 Å². The van der Waals surface area contributed by atoms with Crippen LogP contribution in [-0.4, -0.2) is 5.91 Å². The van der Waals surface area contributed by atoms with Crippen LogP contribution >= 0.6 is 0 Å². The van der Waals surface area contributed by atoms with Crippen molar-refractivity contribution in [2.24, 2.45) is 0 Å². The maximum absolute atomic E-state index is 13.5. The number of amides is 1. The molecule has 0 atom stereocenters. The number of carbonyl (C=O) groups excluding carboxylic acids is 1. The molecule has 0 fully saturated rings. The number of halogens is 1. The van der Waals surface area contributed by atoms with E-state index < -0.39 is 0 Å².